The van der Waals surface area contributed by atoms with Crippen molar-refractivity contribution in [3.05, 3.63) is 40.5 Å². The topological polar surface area (TPSA) is 42.2 Å². The highest BCUT2D eigenvalue weighted by Gasteiger charge is 2.27. The molecule has 0 saturated heterocycles. The summed E-state index contributed by atoms with van der Waals surface area (Å²) in [5.41, 5.74) is 1.58. The number of hydrogen-bond donors (Lipinski definition) is 1. The van der Waals surface area contributed by atoms with E-state index >= 15 is 0 Å². The summed E-state index contributed by atoms with van der Waals surface area (Å²) in [7, 11) is 0. The van der Waals surface area contributed by atoms with Crippen molar-refractivity contribution in [2.75, 3.05) is 0 Å². The molecule has 2 aromatic rings. The molecule has 0 spiro atoms. The van der Waals surface area contributed by atoms with E-state index in [0.717, 1.165) is 29.8 Å². The number of fused-ring (bicyclic) bond motifs is 1. The summed E-state index contributed by atoms with van der Waals surface area (Å²) in [5.74, 6) is -0.138. The van der Waals surface area contributed by atoms with Crippen LogP contribution in [0, 0.1) is 5.92 Å². The van der Waals surface area contributed by atoms with Gasteiger partial charge in [-0.05, 0) is 42.9 Å². The van der Waals surface area contributed by atoms with Crippen molar-refractivity contribution >= 4 is 17.3 Å². The van der Waals surface area contributed by atoms with Crippen LogP contribution in [0.15, 0.2) is 24.5 Å². The van der Waals surface area contributed by atoms with E-state index < -0.39 is 5.97 Å². The minimum absolute atomic E-state index is 0.512. The first kappa shape index (κ1) is 11.5. The number of carboxylic acid groups (broad SMARTS) is 1. The van der Waals surface area contributed by atoms with E-state index in [9.17, 15) is 9.90 Å². The molecular weight excluding hydrogens is 246 g/mol. The van der Waals surface area contributed by atoms with Crippen LogP contribution in [-0.2, 0) is 12.8 Å². The Kier molecular flexibility index (Phi) is 2.74. The zero-order chi connectivity index (χ0) is 12.7. The lowest BCUT2D eigenvalue weighted by Gasteiger charge is -2.17. The number of nitrogens with zero attached hydrogens (tertiary/aromatic N) is 1. The minimum Gasteiger partial charge on any atom is -0.478 e. The molecule has 1 aliphatic rings. The Bertz CT molecular complexity index is 583. The molecule has 0 aromatic carbocycles. The van der Waals surface area contributed by atoms with Gasteiger partial charge in [0.1, 0.15) is 5.00 Å². The third-order valence-corrected chi connectivity index (χ3v) is 4.81. The lowest BCUT2D eigenvalue weighted by molar-refractivity contribution is 0.0696. The van der Waals surface area contributed by atoms with Gasteiger partial charge in [0.25, 0.3) is 0 Å². The van der Waals surface area contributed by atoms with Gasteiger partial charge in [0.15, 0.2) is 0 Å². The van der Waals surface area contributed by atoms with Gasteiger partial charge >= 0.3 is 5.97 Å². The van der Waals surface area contributed by atoms with Crippen LogP contribution in [0.3, 0.4) is 0 Å². The molecule has 0 bridgehead atoms. The number of aromatic carboxylic acids is 1. The predicted octanol–water partition coefficient (Wildman–Crippen LogP) is 3.36. The van der Waals surface area contributed by atoms with E-state index in [1.165, 1.54) is 4.88 Å². The maximum atomic E-state index is 11.5. The average molecular weight is 261 g/mol. The average Bonchev–Trinajstić information content (AvgIpc) is 2.93. The van der Waals surface area contributed by atoms with Crippen molar-refractivity contribution in [1.82, 2.24) is 4.57 Å². The SMILES string of the molecule is C[C@H]1CCc2c(sc(-n3cccc3)c2C(=O)O)C1. The number of hydrogen-bond acceptors (Lipinski definition) is 2. The molecule has 18 heavy (non-hydrogen) atoms. The molecule has 0 amide bonds. The van der Waals surface area contributed by atoms with Gasteiger partial charge in [-0.15, -0.1) is 11.3 Å². The third-order valence-electron chi connectivity index (χ3n) is 3.55. The first-order chi connectivity index (χ1) is 8.66. The Balaban J connectivity index is 2.17. The molecule has 94 valence electrons. The van der Waals surface area contributed by atoms with Gasteiger partial charge < -0.3 is 9.67 Å². The summed E-state index contributed by atoms with van der Waals surface area (Å²) in [6.07, 6.45) is 6.83. The highest BCUT2D eigenvalue weighted by molar-refractivity contribution is 7.15. The third kappa shape index (κ3) is 1.77. The number of carboxylic acids is 1. The molecule has 0 saturated carbocycles. The van der Waals surface area contributed by atoms with Crippen LogP contribution in [0.5, 0.6) is 0 Å². The first-order valence-corrected chi connectivity index (χ1v) is 6.99. The molecule has 3 rings (SSSR count). The van der Waals surface area contributed by atoms with Gasteiger partial charge in [0.2, 0.25) is 0 Å². The van der Waals surface area contributed by atoms with Crippen molar-refractivity contribution in [3.63, 3.8) is 0 Å². The smallest absolute Gasteiger partial charge is 0.339 e. The second kappa shape index (κ2) is 4.28. The van der Waals surface area contributed by atoms with Gasteiger partial charge in [-0.3, -0.25) is 0 Å². The molecule has 0 radical (unpaired) electrons. The lowest BCUT2D eigenvalue weighted by atomic mass is 9.88. The van der Waals surface area contributed by atoms with Crippen LogP contribution in [0.25, 0.3) is 5.00 Å². The number of rotatable bonds is 2. The van der Waals surface area contributed by atoms with Crippen molar-refractivity contribution in [3.8, 4) is 5.00 Å². The maximum absolute atomic E-state index is 11.5. The Morgan fingerprint density at radius 2 is 2.17 bits per heavy atom. The Hall–Kier alpha value is -1.55. The summed E-state index contributed by atoms with van der Waals surface area (Å²) < 4.78 is 1.91. The second-order valence-corrected chi connectivity index (χ2v) is 6.01. The summed E-state index contributed by atoms with van der Waals surface area (Å²) >= 11 is 1.63. The lowest BCUT2D eigenvalue weighted by Crippen LogP contribution is -2.12. The van der Waals surface area contributed by atoms with Crippen molar-refractivity contribution < 1.29 is 9.90 Å². The van der Waals surface area contributed by atoms with E-state index in [0.29, 0.717) is 11.5 Å². The minimum atomic E-state index is -0.800. The second-order valence-electron chi connectivity index (χ2n) is 4.93. The summed E-state index contributed by atoms with van der Waals surface area (Å²) in [6.45, 7) is 2.23. The highest BCUT2D eigenvalue weighted by atomic mass is 32.1. The fraction of sp³-hybridized carbons (Fsp3) is 0.357. The van der Waals surface area contributed by atoms with Gasteiger partial charge in [-0.25, -0.2) is 4.79 Å². The number of thiophene rings is 1. The largest absolute Gasteiger partial charge is 0.478 e. The zero-order valence-electron chi connectivity index (χ0n) is 10.2. The quantitative estimate of drug-likeness (QED) is 0.900. The van der Waals surface area contributed by atoms with E-state index in [-0.39, 0.29) is 0 Å². The molecule has 0 aliphatic heterocycles. The Morgan fingerprint density at radius 3 is 2.83 bits per heavy atom. The summed E-state index contributed by atoms with van der Waals surface area (Å²) in [5, 5.41) is 10.3. The van der Waals surface area contributed by atoms with Crippen molar-refractivity contribution in [2.45, 2.75) is 26.2 Å². The van der Waals surface area contributed by atoms with Crippen LogP contribution in [-0.4, -0.2) is 15.6 Å². The van der Waals surface area contributed by atoms with Crippen molar-refractivity contribution in [2.24, 2.45) is 5.92 Å². The molecule has 3 nitrogen and oxygen atoms in total. The standard InChI is InChI=1S/C14H15NO2S/c1-9-4-5-10-11(8-9)18-13(12(10)14(16)17)15-6-2-3-7-15/h2-3,6-7,9H,4-5,8H2,1H3,(H,16,17)/t9-/m0/s1. The van der Waals surface area contributed by atoms with E-state index in [1.807, 2.05) is 29.1 Å². The number of carbonyl (C=O) groups is 1. The van der Waals surface area contributed by atoms with E-state index in [4.69, 9.17) is 0 Å². The van der Waals surface area contributed by atoms with Gasteiger partial charge in [-0.2, -0.15) is 0 Å². The Labute approximate surface area is 110 Å². The van der Waals surface area contributed by atoms with Gasteiger partial charge in [0, 0.05) is 17.3 Å². The molecule has 1 aliphatic carbocycles. The maximum Gasteiger partial charge on any atom is 0.339 e. The molecule has 4 heteroatoms. The van der Waals surface area contributed by atoms with Crippen LogP contribution in [0.1, 0.15) is 34.1 Å². The number of aromatic nitrogens is 1. The highest BCUT2D eigenvalue weighted by Crippen LogP contribution is 2.38. The monoisotopic (exact) mass is 261 g/mol. The fourth-order valence-corrected chi connectivity index (χ4v) is 4.08. The van der Waals surface area contributed by atoms with Gasteiger partial charge in [0.05, 0.1) is 5.56 Å². The Morgan fingerprint density at radius 1 is 1.44 bits per heavy atom. The van der Waals surface area contributed by atoms with E-state index in [2.05, 4.69) is 6.92 Å². The predicted molar refractivity (Wildman–Crippen MR) is 71.8 cm³/mol. The summed E-state index contributed by atoms with van der Waals surface area (Å²) in [6, 6.07) is 3.85. The molecule has 2 heterocycles. The van der Waals surface area contributed by atoms with Crippen molar-refractivity contribution in [1.29, 1.82) is 0 Å². The molecule has 2 aromatic heterocycles. The van der Waals surface area contributed by atoms with Crippen LogP contribution in [0.4, 0.5) is 0 Å². The molecule has 1 N–H and O–H groups in total. The first-order valence-electron chi connectivity index (χ1n) is 6.18. The normalized spacial score (nSPS) is 18.6. The molecule has 0 fully saturated rings. The van der Waals surface area contributed by atoms with Gasteiger partial charge in [-0.1, -0.05) is 6.92 Å². The summed E-state index contributed by atoms with van der Waals surface area (Å²) in [4.78, 5) is 12.8. The van der Waals surface area contributed by atoms with Crippen LogP contribution >= 0.6 is 11.3 Å². The van der Waals surface area contributed by atoms with E-state index in [1.54, 1.807) is 11.3 Å². The fourth-order valence-electron chi connectivity index (χ4n) is 2.61. The molecular formula is C14H15NO2S. The van der Waals surface area contributed by atoms with Crippen LogP contribution < -0.4 is 0 Å². The molecule has 0 unspecified atom stereocenters. The molecule has 1 atom stereocenters. The van der Waals surface area contributed by atoms with Crippen LogP contribution in [0.2, 0.25) is 0 Å². The zero-order valence-corrected chi connectivity index (χ0v) is 11.0.